The zero-order chi connectivity index (χ0) is 19.3. The molecule has 2 fully saturated rings. The SMILES string of the molecule is O=C(C1CC(c2ccc(O)cc2)NN1)N(Cc1ccncc1)C1CCCCC1. The van der Waals surface area contributed by atoms with Gasteiger partial charge in [-0.05, 0) is 54.7 Å². The van der Waals surface area contributed by atoms with Crippen LogP contribution in [-0.4, -0.2) is 33.0 Å². The number of amides is 1. The van der Waals surface area contributed by atoms with Gasteiger partial charge in [0.2, 0.25) is 5.91 Å². The number of phenolic OH excluding ortho intramolecular Hbond substituents is 1. The molecule has 148 valence electrons. The number of aromatic nitrogens is 1. The molecule has 1 amide bonds. The van der Waals surface area contributed by atoms with Crippen LogP contribution in [0.5, 0.6) is 5.75 Å². The fourth-order valence-electron chi connectivity index (χ4n) is 4.31. The molecule has 1 aliphatic heterocycles. The summed E-state index contributed by atoms with van der Waals surface area (Å²) in [5, 5.41) is 9.50. The van der Waals surface area contributed by atoms with E-state index < -0.39 is 0 Å². The van der Waals surface area contributed by atoms with E-state index in [2.05, 4.69) is 20.7 Å². The Labute approximate surface area is 165 Å². The monoisotopic (exact) mass is 380 g/mol. The van der Waals surface area contributed by atoms with Crippen LogP contribution in [-0.2, 0) is 11.3 Å². The maximum atomic E-state index is 13.4. The number of nitrogens with one attached hydrogen (secondary N) is 2. The van der Waals surface area contributed by atoms with Crippen molar-refractivity contribution in [3.8, 4) is 5.75 Å². The van der Waals surface area contributed by atoms with Crippen molar-refractivity contribution in [2.75, 3.05) is 0 Å². The van der Waals surface area contributed by atoms with Crippen LogP contribution in [0, 0.1) is 0 Å². The number of rotatable bonds is 5. The quantitative estimate of drug-likeness (QED) is 0.743. The molecule has 2 aliphatic rings. The molecule has 1 aromatic carbocycles. The second-order valence-corrected chi connectivity index (χ2v) is 7.83. The van der Waals surface area contributed by atoms with Gasteiger partial charge in [0.15, 0.2) is 0 Å². The molecule has 0 bridgehead atoms. The van der Waals surface area contributed by atoms with Crippen LogP contribution in [0.3, 0.4) is 0 Å². The highest BCUT2D eigenvalue weighted by Crippen LogP contribution is 2.28. The Morgan fingerprint density at radius 2 is 1.75 bits per heavy atom. The van der Waals surface area contributed by atoms with Crippen molar-refractivity contribution in [3.63, 3.8) is 0 Å². The first-order chi connectivity index (χ1) is 13.7. The second kappa shape index (κ2) is 8.71. The predicted molar refractivity (Wildman–Crippen MR) is 107 cm³/mol. The van der Waals surface area contributed by atoms with E-state index in [1.807, 2.05) is 24.3 Å². The average molecular weight is 380 g/mol. The van der Waals surface area contributed by atoms with Crippen LogP contribution in [0.25, 0.3) is 0 Å². The Kier molecular flexibility index (Phi) is 5.88. The van der Waals surface area contributed by atoms with Crippen molar-refractivity contribution in [3.05, 3.63) is 59.9 Å². The van der Waals surface area contributed by atoms with Gasteiger partial charge in [0, 0.05) is 31.0 Å². The molecule has 6 nitrogen and oxygen atoms in total. The molecular formula is C22H28N4O2. The molecular weight excluding hydrogens is 352 g/mol. The number of benzene rings is 1. The standard InChI is InChI=1S/C22H28N4O2/c27-19-8-6-17(7-9-19)20-14-21(25-24-20)22(28)26(18-4-2-1-3-5-18)15-16-10-12-23-13-11-16/h6-13,18,20-21,24-25,27H,1-5,14-15H2. The lowest BCUT2D eigenvalue weighted by atomic mass is 9.92. The van der Waals surface area contributed by atoms with Crippen LogP contribution in [0.15, 0.2) is 48.8 Å². The number of carbonyl (C=O) groups is 1. The third kappa shape index (κ3) is 4.34. The minimum atomic E-state index is -0.248. The molecule has 6 heteroatoms. The van der Waals surface area contributed by atoms with Crippen molar-refractivity contribution < 1.29 is 9.90 Å². The van der Waals surface area contributed by atoms with Gasteiger partial charge in [0.1, 0.15) is 11.8 Å². The van der Waals surface area contributed by atoms with Crippen LogP contribution in [0.2, 0.25) is 0 Å². The molecule has 0 radical (unpaired) electrons. The normalized spacial score (nSPS) is 22.9. The van der Waals surface area contributed by atoms with Crippen LogP contribution in [0.1, 0.15) is 55.7 Å². The van der Waals surface area contributed by atoms with Gasteiger partial charge in [0.25, 0.3) is 0 Å². The number of pyridine rings is 1. The Balaban J connectivity index is 1.47. The second-order valence-electron chi connectivity index (χ2n) is 7.83. The third-order valence-corrected chi connectivity index (χ3v) is 5.90. The summed E-state index contributed by atoms with van der Waals surface area (Å²) in [5.74, 6) is 0.417. The van der Waals surface area contributed by atoms with Gasteiger partial charge in [-0.2, -0.15) is 0 Å². The number of carbonyl (C=O) groups excluding carboxylic acids is 1. The molecule has 2 atom stereocenters. The number of aromatic hydroxyl groups is 1. The lowest BCUT2D eigenvalue weighted by Crippen LogP contribution is -2.49. The molecule has 1 aliphatic carbocycles. The Morgan fingerprint density at radius 3 is 2.46 bits per heavy atom. The Hall–Kier alpha value is -2.44. The van der Waals surface area contributed by atoms with Gasteiger partial charge in [-0.1, -0.05) is 31.4 Å². The maximum Gasteiger partial charge on any atom is 0.241 e. The highest BCUT2D eigenvalue weighted by atomic mass is 16.3. The van der Waals surface area contributed by atoms with E-state index in [-0.39, 0.29) is 23.7 Å². The van der Waals surface area contributed by atoms with Crippen LogP contribution in [0.4, 0.5) is 0 Å². The van der Waals surface area contributed by atoms with E-state index in [9.17, 15) is 9.90 Å². The van der Waals surface area contributed by atoms with Crippen LogP contribution < -0.4 is 10.9 Å². The molecule has 4 rings (SSSR count). The lowest BCUT2D eigenvalue weighted by molar-refractivity contribution is -0.137. The largest absolute Gasteiger partial charge is 0.508 e. The average Bonchev–Trinajstić information content (AvgIpc) is 3.24. The Bertz CT molecular complexity index is 775. The number of hydrazine groups is 1. The van der Waals surface area contributed by atoms with E-state index in [0.29, 0.717) is 19.0 Å². The molecule has 2 unspecified atom stereocenters. The van der Waals surface area contributed by atoms with Crippen molar-refractivity contribution in [1.82, 2.24) is 20.7 Å². The van der Waals surface area contributed by atoms with Gasteiger partial charge >= 0.3 is 0 Å². The summed E-state index contributed by atoms with van der Waals surface area (Å²) in [6.45, 7) is 0.633. The summed E-state index contributed by atoms with van der Waals surface area (Å²) < 4.78 is 0. The van der Waals surface area contributed by atoms with Gasteiger partial charge in [-0.3, -0.25) is 9.78 Å². The zero-order valence-electron chi connectivity index (χ0n) is 16.1. The molecule has 1 aromatic heterocycles. The summed E-state index contributed by atoms with van der Waals surface area (Å²) in [4.78, 5) is 19.6. The van der Waals surface area contributed by atoms with Crippen molar-refractivity contribution in [2.24, 2.45) is 0 Å². The molecule has 2 aromatic rings. The summed E-state index contributed by atoms with van der Waals surface area (Å²) in [6, 6.07) is 11.3. The van der Waals surface area contributed by atoms with E-state index in [0.717, 1.165) is 24.0 Å². The summed E-state index contributed by atoms with van der Waals surface area (Å²) in [7, 11) is 0. The topological polar surface area (TPSA) is 77.5 Å². The molecule has 0 spiro atoms. The lowest BCUT2D eigenvalue weighted by Gasteiger charge is -2.36. The molecule has 3 N–H and O–H groups in total. The van der Waals surface area contributed by atoms with Crippen LogP contribution >= 0.6 is 0 Å². The highest BCUT2D eigenvalue weighted by Gasteiger charge is 2.35. The predicted octanol–water partition coefficient (Wildman–Crippen LogP) is 3.06. The minimum absolute atomic E-state index is 0.0590. The highest BCUT2D eigenvalue weighted by molar-refractivity contribution is 5.82. The van der Waals surface area contributed by atoms with Gasteiger partial charge in [0.05, 0.1) is 0 Å². The van der Waals surface area contributed by atoms with Gasteiger partial charge in [-0.25, -0.2) is 10.9 Å². The van der Waals surface area contributed by atoms with Gasteiger partial charge in [-0.15, -0.1) is 0 Å². The number of phenols is 1. The van der Waals surface area contributed by atoms with Crippen molar-refractivity contribution in [2.45, 2.75) is 63.2 Å². The minimum Gasteiger partial charge on any atom is -0.508 e. The molecule has 28 heavy (non-hydrogen) atoms. The smallest absolute Gasteiger partial charge is 0.241 e. The molecule has 1 saturated carbocycles. The van der Waals surface area contributed by atoms with Crippen molar-refractivity contribution >= 4 is 5.91 Å². The molecule has 2 heterocycles. The number of nitrogens with zero attached hydrogens (tertiary/aromatic N) is 2. The fourth-order valence-corrected chi connectivity index (χ4v) is 4.31. The molecule has 1 saturated heterocycles. The number of hydrogen-bond acceptors (Lipinski definition) is 5. The third-order valence-electron chi connectivity index (χ3n) is 5.90. The van der Waals surface area contributed by atoms with E-state index >= 15 is 0 Å². The van der Waals surface area contributed by atoms with E-state index in [4.69, 9.17) is 0 Å². The zero-order valence-corrected chi connectivity index (χ0v) is 16.1. The number of hydrogen-bond donors (Lipinski definition) is 3. The maximum absolute atomic E-state index is 13.4. The van der Waals surface area contributed by atoms with E-state index in [1.54, 1.807) is 24.5 Å². The first-order valence-electron chi connectivity index (χ1n) is 10.2. The summed E-state index contributed by atoms with van der Waals surface area (Å²) in [6.07, 6.45) is 10.1. The summed E-state index contributed by atoms with van der Waals surface area (Å²) in [5.41, 5.74) is 8.65. The first-order valence-corrected chi connectivity index (χ1v) is 10.2. The van der Waals surface area contributed by atoms with E-state index in [1.165, 1.54) is 19.3 Å². The first kappa shape index (κ1) is 18.9. The summed E-state index contributed by atoms with van der Waals surface area (Å²) >= 11 is 0. The van der Waals surface area contributed by atoms with Gasteiger partial charge < -0.3 is 10.0 Å². The fraction of sp³-hybridized carbons (Fsp3) is 0.455. The van der Waals surface area contributed by atoms with Crippen molar-refractivity contribution in [1.29, 1.82) is 0 Å². The Morgan fingerprint density at radius 1 is 1.04 bits per heavy atom.